The van der Waals surface area contributed by atoms with Crippen molar-refractivity contribution in [2.75, 3.05) is 33.8 Å². The van der Waals surface area contributed by atoms with Crippen LogP contribution in [-0.2, 0) is 4.79 Å². The largest absolute Gasteiger partial charge is 0.396 e. The first-order valence-corrected chi connectivity index (χ1v) is 7.05. The number of likely N-dealkylation sites (tertiary alicyclic amines) is 1. The molecule has 0 aromatic heterocycles. The van der Waals surface area contributed by atoms with Crippen molar-refractivity contribution < 1.29 is 9.90 Å². The Hall–Kier alpha value is -0.610. The average molecular weight is 256 g/mol. The summed E-state index contributed by atoms with van der Waals surface area (Å²) in [5.74, 6) is 0.241. The fourth-order valence-corrected chi connectivity index (χ4v) is 2.80. The Balaban J connectivity index is 2.59. The molecule has 1 aliphatic rings. The molecule has 1 rings (SSSR count). The summed E-state index contributed by atoms with van der Waals surface area (Å²) >= 11 is 0. The first kappa shape index (κ1) is 15.4. The molecule has 0 aromatic carbocycles. The van der Waals surface area contributed by atoms with E-state index in [0.29, 0.717) is 0 Å². The standard InChI is InChI=1S/C14H28N2O2/c1-5-12(15(3)4)13(18)16-9-7-14(6-2,11-17)8-10-16/h12,17H,5-11H2,1-4H3. The van der Waals surface area contributed by atoms with Gasteiger partial charge in [0.15, 0.2) is 0 Å². The van der Waals surface area contributed by atoms with Gasteiger partial charge < -0.3 is 10.0 Å². The van der Waals surface area contributed by atoms with E-state index in [-0.39, 0.29) is 24.0 Å². The summed E-state index contributed by atoms with van der Waals surface area (Å²) in [5.41, 5.74) is 0.0522. The molecule has 1 unspecified atom stereocenters. The minimum atomic E-state index is -0.00625. The number of aliphatic hydroxyl groups is 1. The summed E-state index contributed by atoms with van der Waals surface area (Å²) in [4.78, 5) is 16.3. The SMILES string of the molecule is CCC(C(=O)N1CCC(CC)(CO)CC1)N(C)C. The van der Waals surface area contributed by atoms with E-state index in [1.165, 1.54) is 0 Å². The molecule has 0 aliphatic carbocycles. The van der Waals surface area contributed by atoms with Gasteiger partial charge in [-0.3, -0.25) is 9.69 Å². The number of rotatable bonds is 5. The van der Waals surface area contributed by atoms with Gasteiger partial charge >= 0.3 is 0 Å². The van der Waals surface area contributed by atoms with Crippen molar-refractivity contribution >= 4 is 5.91 Å². The Kier molecular flexibility index (Phi) is 5.60. The van der Waals surface area contributed by atoms with Gasteiger partial charge in [0, 0.05) is 19.7 Å². The molecule has 0 aromatic rings. The number of aliphatic hydroxyl groups excluding tert-OH is 1. The second-order valence-electron chi connectivity index (χ2n) is 5.72. The van der Waals surface area contributed by atoms with Crippen LogP contribution in [0.15, 0.2) is 0 Å². The summed E-state index contributed by atoms with van der Waals surface area (Å²) in [6, 6.07) is -0.00625. The molecule has 1 fully saturated rings. The third kappa shape index (κ3) is 3.23. The van der Waals surface area contributed by atoms with E-state index in [9.17, 15) is 9.90 Å². The Bertz CT molecular complexity index is 265. The molecular weight excluding hydrogens is 228 g/mol. The van der Waals surface area contributed by atoms with E-state index in [1.54, 1.807) is 0 Å². The van der Waals surface area contributed by atoms with Crippen molar-refractivity contribution in [3.8, 4) is 0 Å². The van der Waals surface area contributed by atoms with Crippen LogP contribution >= 0.6 is 0 Å². The van der Waals surface area contributed by atoms with Crippen LogP contribution in [0.3, 0.4) is 0 Å². The Morgan fingerprint density at radius 3 is 2.22 bits per heavy atom. The van der Waals surface area contributed by atoms with Gasteiger partial charge in [0.25, 0.3) is 0 Å². The van der Waals surface area contributed by atoms with Crippen LogP contribution in [0.5, 0.6) is 0 Å². The summed E-state index contributed by atoms with van der Waals surface area (Å²) in [6.07, 6.45) is 3.70. The summed E-state index contributed by atoms with van der Waals surface area (Å²) in [6.45, 7) is 6.00. The number of hydrogen-bond acceptors (Lipinski definition) is 3. The predicted octanol–water partition coefficient (Wildman–Crippen LogP) is 1.34. The molecule has 1 atom stereocenters. The zero-order chi connectivity index (χ0) is 13.8. The second-order valence-corrected chi connectivity index (χ2v) is 5.72. The van der Waals surface area contributed by atoms with E-state index in [2.05, 4.69) is 13.8 Å². The van der Waals surface area contributed by atoms with Gasteiger partial charge in [-0.15, -0.1) is 0 Å². The monoisotopic (exact) mass is 256 g/mol. The van der Waals surface area contributed by atoms with Crippen LogP contribution in [0.1, 0.15) is 39.5 Å². The number of nitrogens with zero attached hydrogens (tertiary/aromatic N) is 2. The summed E-state index contributed by atoms with van der Waals surface area (Å²) in [7, 11) is 3.92. The third-order valence-electron chi connectivity index (χ3n) is 4.52. The zero-order valence-electron chi connectivity index (χ0n) is 12.3. The van der Waals surface area contributed by atoms with E-state index in [0.717, 1.165) is 38.8 Å². The fourth-order valence-electron chi connectivity index (χ4n) is 2.80. The highest BCUT2D eigenvalue weighted by molar-refractivity contribution is 5.81. The molecule has 0 spiro atoms. The van der Waals surface area contributed by atoms with Crippen molar-refractivity contribution in [2.45, 2.75) is 45.6 Å². The van der Waals surface area contributed by atoms with Crippen molar-refractivity contribution in [1.82, 2.24) is 9.80 Å². The molecule has 0 saturated carbocycles. The van der Waals surface area contributed by atoms with Crippen LogP contribution in [0, 0.1) is 5.41 Å². The number of piperidine rings is 1. The second kappa shape index (κ2) is 6.53. The lowest BCUT2D eigenvalue weighted by molar-refractivity contribution is -0.139. The van der Waals surface area contributed by atoms with Gasteiger partial charge in [0.05, 0.1) is 6.04 Å². The molecule has 0 radical (unpaired) electrons. The highest BCUT2D eigenvalue weighted by Crippen LogP contribution is 2.34. The molecule has 106 valence electrons. The Morgan fingerprint density at radius 1 is 1.33 bits per heavy atom. The number of carbonyl (C=O) groups excluding carboxylic acids is 1. The van der Waals surface area contributed by atoms with Gasteiger partial charge in [0.2, 0.25) is 5.91 Å². The number of hydrogen-bond donors (Lipinski definition) is 1. The van der Waals surface area contributed by atoms with Gasteiger partial charge in [-0.1, -0.05) is 13.8 Å². The number of amides is 1. The predicted molar refractivity (Wildman–Crippen MR) is 73.4 cm³/mol. The minimum Gasteiger partial charge on any atom is -0.396 e. The average Bonchev–Trinajstić information content (AvgIpc) is 2.39. The Morgan fingerprint density at radius 2 is 1.89 bits per heavy atom. The maximum Gasteiger partial charge on any atom is 0.239 e. The number of carbonyl (C=O) groups is 1. The van der Waals surface area contributed by atoms with Crippen molar-refractivity contribution in [1.29, 1.82) is 0 Å². The maximum absolute atomic E-state index is 12.4. The molecular formula is C14H28N2O2. The Labute approximate surface area is 111 Å². The maximum atomic E-state index is 12.4. The zero-order valence-corrected chi connectivity index (χ0v) is 12.3. The van der Waals surface area contributed by atoms with Crippen molar-refractivity contribution in [3.05, 3.63) is 0 Å². The molecule has 1 amide bonds. The highest BCUT2D eigenvalue weighted by Gasteiger charge is 2.35. The number of likely N-dealkylation sites (N-methyl/N-ethyl adjacent to an activating group) is 1. The smallest absolute Gasteiger partial charge is 0.239 e. The first-order valence-electron chi connectivity index (χ1n) is 7.05. The van der Waals surface area contributed by atoms with Gasteiger partial charge in [0.1, 0.15) is 0 Å². The van der Waals surface area contributed by atoms with Crippen LogP contribution in [-0.4, -0.2) is 60.6 Å². The molecule has 4 heteroatoms. The highest BCUT2D eigenvalue weighted by atomic mass is 16.3. The topological polar surface area (TPSA) is 43.8 Å². The van der Waals surface area contributed by atoms with Crippen LogP contribution in [0.4, 0.5) is 0 Å². The molecule has 1 aliphatic heterocycles. The third-order valence-corrected chi connectivity index (χ3v) is 4.52. The van der Waals surface area contributed by atoms with Gasteiger partial charge in [-0.05, 0) is 45.2 Å². The molecule has 0 bridgehead atoms. The molecule has 1 heterocycles. The van der Waals surface area contributed by atoms with E-state index >= 15 is 0 Å². The quantitative estimate of drug-likeness (QED) is 0.807. The van der Waals surface area contributed by atoms with E-state index in [1.807, 2.05) is 23.9 Å². The van der Waals surface area contributed by atoms with Crippen molar-refractivity contribution in [2.24, 2.45) is 5.41 Å². The van der Waals surface area contributed by atoms with E-state index < -0.39 is 0 Å². The van der Waals surface area contributed by atoms with Gasteiger partial charge in [-0.25, -0.2) is 0 Å². The molecule has 1 N–H and O–H groups in total. The molecule has 4 nitrogen and oxygen atoms in total. The van der Waals surface area contributed by atoms with Crippen LogP contribution in [0.25, 0.3) is 0 Å². The fraction of sp³-hybridized carbons (Fsp3) is 0.929. The molecule has 18 heavy (non-hydrogen) atoms. The lowest BCUT2D eigenvalue weighted by Gasteiger charge is -2.41. The molecule has 1 saturated heterocycles. The van der Waals surface area contributed by atoms with Crippen LogP contribution < -0.4 is 0 Å². The normalized spacial score (nSPS) is 21.1. The summed E-state index contributed by atoms with van der Waals surface area (Å²) in [5, 5.41) is 9.50. The van der Waals surface area contributed by atoms with Gasteiger partial charge in [-0.2, -0.15) is 0 Å². The first-order chi connectivity index (χ1) is 8.49. The minimum absolute atomic E-state index is 0.00625. The lowest BCUT2D eigenvalue weighted by atomic mass is 9.77. The lowest BCUT2D eigenvalue weighted by Crippen LogP contribution is -2.50. The van der Waals surface area contributed by atoms with Crippen molar-refractivity contribution in [3.63, 3.8) is 0 Å². The summed E-state index contributed by atoms with van der Waals surface area (Å²) < 4.78 is 0. The van der Waals surface area contributed by atoms with E-state index in [4.69, 9.17) is 0 Å². The van der Waals surface area contributed by atoms with Crippen LogP contribution in [0.2, 0.25) is 0 Å².